The highest BCUT2D eigenvalue weighted by molar-refractivity contribution is 6.33. The zero-order valence-corrected chi connectivity index (χ0v) is 8.30. The second-order valence-corrected chi connectivity index (χ2v) is 3.10. The third-order valence-corrected chi connectivity index (χ3v) is 1.94. The maximum absolute atomic E-state index is 11.9. The summed E-state index contributed by atoms with van der Waals surface area (Å²) in [6.07, 6.45) is -4.52. The second kappa shape index (κ2) is 4.52. The van der Waals surface area contributed by atoms with E-state index in [1.807, 2.05) is 0 Å². The van der Waals surface area contributed by atoms with E-state index in [1.165, 1.54) is 0 Å². The largest absolute Gasteiger partial charge is 0.573 e. The van der Waals surface area contributed by atoms with Crippen LogP contribution in [0.3, 0.4) is 0 Å². The second-order valence-electron chi connectivity index (χ2n) is 2.70. The van der Waals surface area contributed by atoms with Crippen LogP contribution in [-0.4, -0.2) is 18.9 Å². The summed E-state index contributed by atoms with van der Waals surface area (Å²) < 4.78 is 39.4. The first-order valence-corrected chi connectivity index (χ1v) is 4.25. The molecule has 16 heavy (non-hydrogen) atoms. The zero-order valence-electron chi connectivity index (χ0n) is 7.55. The lowest BCUT2D eigenvalue weighted by atomic mass is 10.1. The normalized spacial score (nSPS) is 11.0. The topological polar surface area (TPSA) is 43.4 Å². The number of benzene rings is 1. The van der Waals surface area contributed by atoms with Gasteiger partial charge in [-0.3, -0.25) is 9.59 Å². The first-order valence-electron chi connectivity index (χ1n) is 3.87. The molecule has 0 fully saturated rings. The molecule has 0 bridgehead atoms. The van der Waals surface area contributed by atoms with E-state index in [2.05, 4.69) is 4.74 Å². The Hall–Kier alpha value is -1.56. The summed E-state index contributed by atoms with van der Waals surface area (Å²) in [6, 6.07) is 1.69. The van der Waals surface area contributed by atoms with Gasteiger partial charge in [0.05, 0.1) is 10.6 Å². The number of carbonyl (C=O) groups excluding carboxylic acids is 2. The van der Waals surface area contributed by atoms with Crippen LogP contribution < -0.4 is 4.74 Å². The van der Waals surface area contributed by atoms with Crippen LogP contribution in [0.5, 0.6) is 5.75 Å². The summed E-state index contributed by atoms with van der Waals surface area (Å²) in [5.41, 5.74) is -0.570. The summed E-state index contributed by atoms with van der Waals surface area (Å²) >= 11 is 5.52. The molecule has 0 aliphatic carbocycles. The Labute approximate surface area is 92.8 Å². The van der Waals surface area contributed by atoms with Crippen molar-refractivity contribution < 1.29 is 27.5 Å². The number of halogens is 4. The van der Waals surface area contributed by atoms with E-state index in [9.17, 15) is 22.8 Å². The monoisotopic (exact) mass is 252 g/mol. The highest BCUT2D eigenvalue weighted by Crippen LogP contribution is 2.29. The van der Waals surface area contributed by atoms with Gasteiger partial charge in [0.25, 0.3) is 0 Å². The number of hydrogen-bond donors (Lipinski definition) is 0. The van der Waals surface area contributed by atoms with Crippen molar-refractivity contribution in [3.63, 3.8) is 0 Å². The standard InChI is InChI=1S/C9H4ClF3O3/c10-7-1-6(4-15)8(2-5(7)3-14)16-9(11,12)13/h1-4H. The van der Waals surface area contributed by atoms with Gasteiger partial charge in [0, 0.05) is 5.56 Å². The molecule has 1 aromatic rings. The molecule has 3 nitrogen and oxygen atoms in total. The van der Waals surface area contributed by atoms with Crippen LogP contribution in [0.4, 0.5) is 13.2 Å². The molecule has 0 aliphatic rings. The fourth-order valence-electron chi connectivity index (χ4n) is 0.980. The van der Waals surface area contributed by atoms with Gasteiger partial charge in [-0.15, -0.1) is 13.2 Å². The van der Waals surface area contributed by atoms with Gasteiger partial charge < -0.3 is 4.74 Å². The van der Waals surface area contributed by atoms with Crippen LogP contribution in [0.1, 0.15) is 20.7 Å². The summed E-state index contributed by atoms with van der Waals surface area (Å²) in [5, 5.41) is -0.119. The van der Waals surface area contributed by atoms with E-state index >= 15 is 0 Å². The highest BCUT2D eigenvalue weighted by Gasteiger charge is 2.32. The predicted octanol–water partition coefficient (Wildman–Crippen LogP) is 2.86. The number of hydrogen-bond acceptors (Lipinski definition) is 3. The van der Waals surface area contributed by atoms with Crippen molar-refractivity contribution in [1.29, 1.82) is 0 Å². The number of alkyl halides is 3. The Balaban J connectivity index is 3.25. The summed E-state index contributed by atoms with van der Waals surface area (Å²) in [4.78, 5) is 20.9. The highest BCUT2D eigenvalue weighted by atomic mass is 35.5. The number of rotatable bonds is 3. The average Bonchev–Trinajstić information content (AvgIpc) is 2.18. The molecule has 0 N–H and O–H groups in total. The van der Waals surface area contributed by atoms with Crippen molar-refractivity contribution in [2.75, 3.05) is 0 Å². The molecule has 0 aliphatic heterocycles. The molecule has 7 heteroatoms. The third kappa shape index (κ3) is 2.96. The predicted molar refractivity (Wildman–Crippen MR) is 48.9 cm³/mol. The van der Waals surface area contributed by atoms with Gasteiger partial charge in [0.15, 0.2) is 12.6 Å². The lowest BCUT2D eigenvalue weighted by Crippen LogP contribution is -2.18. The van der Waals surface area contributed by atoms with E-state index < -0.39 is 12.1 Å². The van der Waals surface area contributed by atoms with Crippen molar-refractivity contribution in [3.05, 3.63) is 28.3 Å². The van der Waals surface area contributed by atoms with Crippen molar-refractivity contribution >= 4 is 24.2 Å². The van der Waals surface area contributed by atoms with E-state index in [-0.39, 0.29) is 28.7 Å². The average molecular weight is 253 g/mol. The van der Waals surface area contributed by atoms with E-state index in [0.29, 0.717) is 0 Å². The lowest BCUT2D eigenvalue weighted by Gasteiger charge is -2.11. The maximum Gasteiger partial charge on any atom is 0.573 e. The van der Waals surface area contributed by atoms with E-state index in [0.717, 1.165) is 12.1 Å². The molecule has 0 spiro atoms. The van der Waals surface area contributed by atoms with Crippen LogP contribution in [0.15, 0.2) is 12.1 Å². The molecule has 0 amide bonds. The summed E-state index contributed by atoms with van der Waals surface area (Å²) in [6.45, 7) is 0. The Kier molecular flexibility index (Phi) is 3.54. The first kappa shape index (κ1) is 12.5. The van der Waals surface area contributed by atoms with Gasteiger partial charge in [0.2, 0.25) is 0 Å². The minimum Gasteiger partial charge on any atom is -0.405 e. The van der Waals surface area contributed by atoms with Crippen LogP contribution in [-0.2, 0) is 0 Å². The van der Waals surface area contributed by atoms with Gasteiger partial charge in [-0.05, 0) is 12.1 Å². The molecule has 0 aromatic heterocycles. The van der Waals surface area contributed by atoms with Gasteiger partial charge in [-0.25, -0.2) is 0 Å². The molecule has 0 atom stereocenters. The molecule has 0 saturated heterocycles. The fourth-order valence-corrected chi connectivity index (χ4v) is 1.20. The van der Waals surface area contributed by atoms with Crippen LogP contribution in [0.2, 0.25) is 5.02 Å². The molecule has 0 radical (unpaired) electrons. The van der Waals surface area contributed by atoms with Crippen LogP contribution >= 0.6 is 11.6 Å². The summed E-state index contributed by atoms with van der Waals surface area (Å²) in [7, 11) is 0. The molecule has 0 heterocycles. The van der Waals surface area contributed by atoms with Gasteiger partial charge in [-0.2, -0.15) is 0 Å². The Morgan fingerprint density at radius 1 is 1.12 bits per heavy atom. The van der Waals surface area contributed by atoms with Crippen molar-refractivity contribution in [1.82, 2.24) is 0 Å². The number of carbonyl (C=O) groups is 2. The maximum atomic E-state index is 11.9. The van der Waals surface area contributed by atoms with E-state index in [1.54, 1.807) is 0 Å². The third-order valence-electron chi connectivity index (χ3n) is 1.61. The van der Waals surface area contributed by atoms with Crippen LogP contribution in [0.25, 0.3) is 0 Å². The molecule has 86 valence electrons. The summed E-state index contributed by atoms with van der Waals surface area (Å²) in [5.74, 6) is -0.756. The first-order chi connectivity index (χ1) is 7.37. The molecular weight excluding hydrogens is 249 g/mol. The van der Waals surface area contributed by atoms with Crippen molar-refractivity contribution in [2.45, 2.75) is 6.36 Å². The lowest BCUT2D eigenvalue weighted by molar-refractivity contribution is -0.274. The Morgan fingerprint density at radius 3 is 2.12 bits per heavy atom. The molecule has 0 saturated carbocycles. The minimum atomic E-state index is -4.94. The minimum absolute atomic E-state index is 0.119. The molecular formula is C9H4ClF3O3. The zero-order chi connectivity index (χ0) is 12.3. The smallest absolute Gasteiger partial charge is 0.405 e. The quantitative estimate of drug-likeness (QED) is 0.777. The Bertz CT molecular complexity index is 429. The van der Waals surface area contributed by atoms with Gasteiger partial charge in [0.1, 0.15) is 5.75 Å². The van der Waals surface area contributed by atoms with Crippen molar-refractivity contribution in [2.24, 2.45) is 0 Å². The van der Waals surface area contributed by atoms with Crippen LogP contribution in [0, 0.1) is 0 Å². The Morgan fingerprint density at radius 2 is 1.69 bits per heavy atom. The van der Waals surface area contributed by atoms with E-state index in [4.69, 9.17) is 11.6 Å². The van der Waals surface area contributed by atoms with Gasteiger partial charge in [-0.1, -0.05) is 11.6 Å². The van der Waals surface area contributed by atoms with Gasteiger partial charge >= 0.3 is 6.36 Å². The number of ether oxygens (including phenoxy) is 1. The molecule has 0 unspecified atom stereocenters. The fraction of sp³-hybridized carbons (Fsp3) is 0.111. The molecule has 1 aromatic carbocycles. The van der Waals surface area contributed by atoms with Crippen molar-refractivity contribution in [3.8, 4) is 5.75 Å². The number of aldehydes is 2. The SMILES string of the molecule is O=Cc1cc(OC(F)(F)F)c(C=O)cc1Cl. The molecule has 1 rings (SSSR count).